The molecule has 0 radical (unpaired) electrons. The molecule has 0 spiro atoms. The van der Waals surface area contributed by atoms with Gasteiger partial charge in [-0.05, 0) is 38.0 Å². The van der Waals surface area contributed by atoms with E-state index in [1.54, 1.807) is 0 Å². The number of nitrogens with zero attached hydrogens (tertiary/aromatic N) is 2. The second-order valence-corrected chi connectivity index (χ2v) is 8.96. The molecule has 4 aromatic rings. The van der Waals surface area contributed by atoms with Gasteiger partial charge in [-0.1, -0.05) is 30.3 Å². The number of hydrogen-bond acceptors (Lipinski definition) is 3. The van der Waals surface area contributed by atoms with Crippen LogP contribution in [0.5, 0.6) is 0 Å². The maximum Gasteiger partial charge on any atom is 0.259 e. The Kier molecular flexibility index (Phi) is 4.52. The summed E-state index contributed by atoms with van der Waals surface area (Å²) in [7, 11) is 0. The zero-order chi connectivity index (χ0) is 22.7. The Bertz CT molecular complexity index is 1490. The van der Waals surface area contributed by atoms with E-state index in [-0.39, 0.29) is 17.9 Å². The van der Waals surface area contributed by atoms with Crippen molar-refractivity contribution in [2.45, 2.75) is 39.5 Å². The van der Waals surface area contributed by atoms with Gasteiger partial charge in [0.15, 0.2) is 0 Å². The summed E-state index contributed by atoms with van der Waals surface area (Å²) in [5, 5.41) is 4.54. The lowest BCUT2D eigenvalue weighted by atomic mass is 9.94. The Labute approximate surface area is 191 Å². The monoisotopic (exact) mass is 439 g/mol. The second kappa shape index (κ2) is 7.46. The van der Waals surface area contributed by atoms with Crippen molar-refractivity contribution in [3.05, 3.63) is 71.5 Å². The standard InChI is InChI=1S/C27H25N3O3/c1-16-6-5-9-22-23(16)20-15-29(22)11-10-17(2)33-13-12-30-14-19(18-7-3-4-8-21(18)30)24-25(20)27(32)28-26(24)31/h3-9,14-15,17H,10-13H2,1-2H3,(H,28,31,32). The molecule has 2 aliphatic heterocycles. The summed E-state index contributed by atoms with van der Waals surface area (Å²) in [6, 6.07) is 14.2. The summed E-state index contributed by atoms with van der Waals surface area (Å²) in [6.07, 6.45) is 4.98. The van der Waals surface area contributed by atoms with Crippen LogP contribution in [-0.2, 0) is 27.4 Å². The highest BCUT2D eigenvalue weighted by Crippen LogP contribution is 2.40. The fourth-order valence-corrected chi connectivity index (χ4v) is 5.26. The predicted molar refractivity (Wildman–Crippen MR) is 129 cm³/mol. The molecule has 4 bridgehead atoms. The maximum absolute atomic E-state index is 13.2. The molecule has 166 valence electrons. The number of fused-ring (bicyclic) bond motifs is 12. The number of ether oxygens (including phenoxy) is 1. The van der Waals surface area contributed by atoms with Gasteiger partial charge < -0.3 is 13.9 Å². The fourth-order valence-electron chi connectivity index (χ4n) is 5.26. The van der Waals surface area contributed by atoms with Gasteiger partial charge in [-0.2, -0.15) is 0 Å². The van der Waals surface area contributed by atoms with Gasteiger partial charge in [0.1, 0.15) is 0 Å². The summed E-state index contributed by atoms with van der Waals surface area (Å²) in [4.78, 5) is 26.4. The average molecular weight is 440 g/mol. The Hall–Kier alpha value is -3.64. The van der Waals surface area contributed by atoms with Crippen molar-refractivity contribution in [2.75, 3.05) is 6.61 Å². The van der Waals surface area contributed by atoms with Crippen LogP contribution in [0.25, 0.3) is 33.0 Å². The van der Waals surface area contributed by atoms with Crippen LogP contribution < -0.4 is 5.32 Å². The Morgan fingerprint density at radius 2 is 1.58 bits per heavy atom. The minimum atomic E-state index is -0.343. The first kappa shape index (κ1) is 20.0. The van der Waals surface area contributed by atoms with E-state index in [0.717, 1.165) is 51.5 Å². The van der Waals surface area contributed by atoms with Crippen LogP contribution in [0.2, 0.25) is 0 Å². The molecule has 2 aromatic heterocycles. The number of hydrogen-bond donors (Lipinski definition) is 1. The Balaban J connectivity index is 1.72. The van der Waals surface area contributed by atoms with E-state index in [1.165, 1.54) is 0 Å². The first-order valence-corrected chi connectivity index (χ1v) is 11.4. The number of nitrogens with one attached hydrogen (secondary N) is 1. The molecule has 1 atom stereocenters. The summed E-state index contributed by atoms with van der Waals surface area (Å²) in [5.41, 5.74) is 5.67. The summed E-state index contributed by atoms with van der Waals surface area (Å²) >= 11 is 0. The normalized spacial score (nSPS) is 19.2. The third-order valence-electron chi connectivity index (χ3n) is 6.88. The zero-order valence-electron chi connectivity index (χ0n) is 18.7. The SMILES string of the molecule is Cc1cccc2c1c1cn2CCC(C)OCCn2cc(c3ccccc32)C2=C1C(=O)NC2=O. The number of rotatable bonds is 0. The molecule has 6 heteroatoms. The number of carbonyl (C=O) groups excluding carboxylic acids is 2. The Morgan fingerprint density at radius 1 is 0.879 bits per heavy atom. The van der Waals surface area contributed by atoms with E-state index in [9.17, 15) is 9.59 Å². The van der Waals surface area contributed by atoms with Crippen molar-refractivity contribution in [2.24, 2.45) is 0 Å². The number of carbonyl (C=O) groups is 2. The number of amides is 2. The van der Waals surface area contributed by atoms with Gasteiger partial charge in [-0.15, -0.1) is 0 Å². The molecule has 0 fully saturated rings. The second-order valence-electron chi connectivity index (χ2n) is 8.96. The quantitative estimate of drug-likeness (QED) is 0.416. The van der Waals surface area contributed by atoms with Gasteiger partial charge >= 0.3 is 0 Å². The number of benzene rings is 2. The van der Waals surface area contributed by atoms with Crippen molar-refractivity contribution in [3.63, 3.8) is 0 Å². The zero-order valence-corrected chi connectivity index (χ0v) is 18.7. The van der Waals surface area contributed by atoms with E-state index >= 15 is 0 Å². The van der Waals surface area contributed by atoms with Crippen LogP contribution in [0.1, 0.15) is 30.0 Å². The molecule has 6 rings (SSSR count). The van der Waals surface area contributed by atoms with Crippen LogP contribution in [0.15, 0.2) is 54.9 Å². The lowest BCUT2D eigenvalue weighted by Gasteiger charge is -2.15. The highest BCUT2D eigenvalue weighted by molar-refractivity contribution is 6.50. The largest absolute Gasteiger partial charge is 0.377 e. The molecule has 2 aromatic carbocycles. The van der Waals surface area contributed by atoms with Crippen LogP contribution in [0.4, 0.5) is 0 Å². The average Bonchev–Trinajstić information content (AvgIpc) is 3.43. The van der Waals surface area contributed by atoms with Gasteiger partial charge in [0, 0.05) is 58.4 Å². The van der Waals surface area contributed by atoms with E-state index in [2.05, 4.69) is 40.4 Å². The van der Waals surface area contributed by atoms with Gasteiger partial charge in [-0.25, -0.2) is 0 Å². The van der Waals surface area contributed by atoms with Crippen molar-refractivity contribution in [1.29, 1.82) is 0 Å². The number of imide groups is 1. The number of aryl methyl sites for hydroxylation is 2. The maximum atomic E-state index is 13.2. The summed E-state index contributed by atoms with van der Waals surface area (Å²) in [5.74, 6) is -0.678. The molecule has 33 heavy (non-hydrogen) atoms. The lowest BCUT2D eigenvalue weighted by Crippen LogP contribution is -2.22. The minimum Gasteiger partial charge on any atom is -0.377 e. The van der Waals surface area contributed by atoms with Crippen molar-refractivity contribution >= 4 is 44.8 Å². The summed E-state index contributed by atoms with van der Waals surface area (Å²) in [6.45, 7) is 6.18. The van der Waals surface area contributed by atoms with Crippen molar-refractivity contribution < 1.29 is 14.3 Å². The number of para-hydroxylation sites is 1. The predicted octanol–water partition coefficient (Wildman–Crippen LogP) is 4.28. The molecule has 1 unspecified atom stereocenters. The van der Waals surface area contributed by atoms with E-state index in [0.29, 0.717) is 24.3 Å². The van der Waals surface area contributed by atoms with E-state index in [4.69, 9.17) is 4.74 Å². The smallest absolute Gasteiger partial charge is 0.259 e. The summed E-state index contributed by atoms with van der Waals surface area (Å²) < 4.78 is 10.4. The lowest BCUT2D eigenvalue weighted by molar-refractivity contribution is -0.122. The topological polar surface area (TPSA) is 65.3 Å². The van der Waals surface area contributed by atoms with Crippen molar-refractivity contribution in [3.8, 4) is 0 Å². The van der Waals surface area contributed by atoms with Gasteiger partial charge in [0.2, 0.25) is 0 Å². The van der Waals surface area contributed by atoms with E-state index in [1.807, 2.05) is 42.7 Å². The van der Waals surface area contributed by atoms with Crippen LogP contribution in [0.3, 0.4) is 0 Å². The van der Waals surface area contributed by atoms with Crippen LogP contribution in [-0.4, -0.2) is 33.7 Å². The van der Waals surface area contributed by atoms with Gasteiger partial charge in [0.25, 0.3) is 11.8 Å². The number of aromatic nitrogens is 2. The first-order chi connectivity index (χ1) is 16.0. The molecule has 0 saturated carbocycles. The molecular formula is C27H25N3O3. The third-order valence-corrected chi connectivity index (χ3v) is 6.88. The highest BCUT2D eigenvalue weighted by Gasteiger charge is 2.35. The van der Waals surface area contributed by atoms with Crippen LogP contribution in [0, 0.1) is 6.92 Å². The van der Waals surface area contributed by atoms with Crippen LogP contribution >= 0.6 is 0 Å². The third kappa shape index (κ3) is 3.05. The molecular weight excluding hydrogens is 414 g/mol. The fraction of sp³-hybridized carbons (Fsp3) is 0.259. The minimum absolute atomic E-state index is 0.103. The molecule has 1 N–H and O–H groups in total. The molecule has 2 aliphatic rings. The van der Waals surface area contributed by atoms with Gasteiger partial charge in [-0.3, -0.25) is 14.9 Å². The first-order valence-electron chi connectivity index (χ1n) is 11.4. The molecule has 0 saturated heterocycles. The Morgan fingerprint density at radius 3 is 2.42 bits per heavy atom. The van der Waals surface area contributed by atoms with E-state index < -0.39 is 0 Å². The molecule has 4 heterocycles. The van der Waals surface area contributed by atoms with Gasteiger partial charge in [0.05, 0.1) is 23.9 Å². The molecule has 6 nitrogen and oxygen atoms in total. The highest BCUT2D eigenvalue weighted by atomic mass is 16.5. The molecule has 0 aliphatic carbocycles. The molecule has 2 amide bonds. The van der Waals surface area contributed by atoms with Crippen molar-refractivity contribution in [1.82, 2.24) is 14.5 Å².